The van der Waals surface area contributed by atoms with E-state index in [0.29, 0.717) is 11.3 Å². The Morgan fingerprint density at radius 1 is 1.10 bits per heavy atom. The third-order valence-corrected chi connectivity index (χ3v) is 2.72. The Balaban J connectivity index is 2.15. The van der Waals surface area contributed by atoms with Gasteiger partial charge in [0.1, 0.15) is 0 Å². The van der Waals surface area contributed by atoms with Crippen LogP contribution in [0.3, 0.4) is 0 Å². The summed E-state index contributed by atoms with van der Waals surface area (Å²) in [4.78, 5) is 11.9. The maximum atomic E-state index is 12.4. The number of carbonyl (C=O) groups is 1. The van der Waals surface area contributed by atoms with E-state index in [1.165, 1.54) is 6.07 Å². The molecule has 21 heavy (non-hydrogen) atoms. The summed E-state index contributed by atoms with van der Waals surface area (Å²) in [5.74, 6) is -0.543. The van der Waals surface area contributed by atoms with Crippen molar-refractivity contribution in [2.75, 3.05) is 5.32 Å². The number of anilines is 1. The number of nitrogens with one attached hydrogen (secondary N) is 1. The number of benzene rings is 2. The van der Waals surface area contributed by atoms with E-state index in [9.17, 15) is 18.0 Å². The van der Waals surface area contributed by atoms with Crippen molar-refractivity contribution in [2.45, 2.75) is 6.18 Å². The Morgan fingerprint density at radius 2 is 1.76 bits per heavy atom. The highest BCUT2D eigenvalue weighted by Crippen LogP contribution is 2.29. The quantitative estimate of drug-likeness (QED) is 0.913. The predicted molar refractivity (Wildman–Crippen MR) is 70.6 cm³/mol. The first-order valence-corrected chi connectivity index (χ1v) is 5.89. The van der Waals surface area contributed by atoms with Crippen LogP contribution in [0, 0.1) is 11.3 Å². The molecule has 0 aromatic heterocycles. The number of hydrogen-bond donors (Lipinski definition) is 1. The number of amides is 1. The number of nitrogens with zero attached hydrogens (tertiary/aromatic N) is 1. The van der Waals surface area contributed by atoms with Gasteiger partial charge in [-0.3, -0.25) is 4.79 Å². The number of nitriles is 1. The Morgan fingerprint density at radius 3 is 2.33 bits per heavy atom. The van der Waals surface area contributed by atoms with E-state index in [4.69, 9.17) is 5.26 Å². The van der Waals surface area contributed by atoms with Crippen LogP contribution in [0.15, 0.2) is 48.5 Å². The van der Waals surface area contributed by atoms with Crippen LogP contribution in [-0.2, 0) is 6.18 Å². The minimum absolute atomic E-state index is 0.102. The number of halogens is 3. The zero-order valence-corrected chi connectivity index (χ0v) is 10.6. The largest absolute Gasteiger partial charge is 0.416 e. The third kappa shape index (κ3) is 3.60. The molecule has 0 radical (unpaired) electrons. The second kappa shape index (κ2) is 5.67. The van der Waals surface area contributed by atoms with Gasteiger partial charge in [0.15, 0.2) is 0 Å². The number of hydrogen-bond acceptors (Lipinski definition) is 2. The van der Waals surface area contributed by atoms with E-state index in [-0.39, 0.29) is 5.56 Å². The lowest BCUT2D eigenvalue weighted by Gasteiger charge is -2.08. The highest BCUT2D eigenvalue weighted by Gasteiger charge is 2.30. The summed E-state index contributed by atoms with van der Waals surface area (Å²) >= 11 is 0. The van der Waals surface area contributed by atoms with Gasteiger partial charge in [-0.05, 0) is 42.5 Å². The molecule has 0 saturated carbocycles. The molecule has 106 valence electrons. The summed E-state index contributed by atoms with van der Waals surface area (Å²) in [7, 11) is 0. The topological polar surface area (TPSA) is 52.9 Å². The minimum atomic E-state index is -4.43. The van der Waals surface area contributed by atoms with E-state index >= 15 is 0 Å². The lowest BCUT2D eigenvalue weighted by Crippen LogP contribution is -2.12. The van der Waals surface area contributed by atoms with Gasteiger partial charge in [-0.1, -0.05) is 6.07 Å². The number of carbonyl (C=O) groups excluding carboxylic acids is 1. The SMILES string of the molecule is N#Cc1cccc(NC(=O)c2ccc(C(F)(F)F)cc2)c1. The molecule has 0 unspecified atom stereocenters. The normalized spacial score (nSPS) is 10.8. The van der Waals surface area contributed by atoms with Crippen LogP contribution in [0.5, 0.6) is 0 Å². The Bertz CT molecular complexity index is 700. The fourth-order valence-electron chi connectivity index (χ4n) is 1.68. The molecule has 0 atom stereocenters. The van der Waals surface area contributed by atoms with Crippen molar-refractivity contribution in [3.63, 3.8) is 0 Å². The van der Waals surface area contributed by atoms with E-state index in [1.54, 1.807) is 18.2 Å². The predicted octanol–water partition coefficient (Wildman–Crippen LogP) is 3.83. The summed E-state index contributed by atoms with van der Waals surface area (Å²) in [6, 6.07) is 12.1. The van der Waals surface area contributed by atoms with E-state index in [2.05, 4.69) is 5.32 Å². The fourth-order valence-corrected chi connectivity index (χ4v) is 1.68. The Hall–Kier alpha value is -2.81. The van der Waals surface area contributed by atoms with Gasteiger partial charge >= 0.3 is 6.18 Å². The molecule has 0 aliphatic carbocycles. The maximum Gasteiger partial charge on any atom is 0.416 e. The molecule has 6 heteroatoms. The van der Waals surface area contributed by atoms with Crippen LogP contribution in [0.2, 0.25) is 0 Å². The molecule has 0 heterocycles. The first kappa shape index (κ1) is 14.6. The number of alkyl halides is 3. The summed E-state index contributed by atoms with van der Waals surface area (Å²) < 4.78 is 37.3. The molecule has 0 aliphatic heterocycles. The molecule has 0 bridgehead atoms. The molecule has 3 nitrogen and oxygen atoms in total. The Kier molecular flexibility index (Phi) is 3.94. The molecule has 2 rings (SSSR count). The second-order valence-corrected chi connectivity index (χ2v) is 4.22. The van der Waals surface area contributed by atoms with Crippen molar-refractivity contribution in [3.05, 3.63) is 65.2 Å². The summed E-state index contributed by atoms with van der Waals surface area (Å²) in [5.41, 5.74) is 0.0649. The van der Waals surface area contributed by atoms with Crippen molar-refractivity contribution in [3.8, 4) is 6.07 Å². The van der Waals surface area contributed by atoms with Crippen molar-refractivity contribution >= 4 is 11.6 Å². The Labute approximate surface area is 118 Å². The van der Waals surface area contributed by atoms with Gasteiger partial charge < -0.3 is 5.32 Å². The summed E-state index contributed by atoms with van der Waals surface area (Å²) in [5, 5.41) is 11.3. The highest BCUT2D eigenvalue weighted by atomic mass is 19.4. The van der Waals surface area contributed by atoms with E-state index in [1.807, 2.05) is 6.07 Å². The molecule has 1 amide bonds. The minimum Gasteiger partial charge on any atom is -0.322 e. The van der Waals surface area contributed by atoms with Crippen molar-refractivity contribution in [2.24, 2.45) is 0 Å². The molecular weight excluding hydrogens is 281 g/mol. The van der Waals surface area contributed by atoms with Crippen molar-refractivity contribution in [1.82, 2.24) is 0 Å². The highest BCUT2D eigenvalue weighted by molar-refractivity contribution is 6.04. The summed E-state index contributed by atoms with van der Waals surface area (Å²) in [6.07, 6.45) is -4.43. The van der Waals surface area contributed by atoms with Crippen molar-refractivity contribution in [1.29, 1.82) is 5.26 Å². The lowest BCUT2D eigenvalue weighted by molar-refractivity contribution is -0.137. The zero-order chi connectivity index (χ0) is 15.5. The van der Waals surface area contributed by atoms with Crippen LogP contribution in [0.1, 0.15) is 21.5 Å². The fraction of sp³-hybridized carbons (Fsp3) is 0.0667. The van der Waals surface area contributed by atoms with E-state index < -0.39 is 17.6 Å². The molecule has 0 fully saturated rings. The molecule has 2 aromatic rings. The van der Waals surface area contributed by atoms with Gasteiger partial charge in [-0.15, -0.1) is 0 Å². The van der Waals surface area contributed by atoms with Crippen LogP contribution in [-0.4, -0.2) is 5.91 Å². The van der Waals surface area contributed by atoms with Crippen LogP contribution < -0.4 is 5.32 Å². The third-order valence-electron chi connectivity index (χ3n) is 2.72. The van der Waals surface area contributed by atoms with Gasteiger partial charge in [0, 0.05) is 11.3 Å². The van der Waals surface area contributed by atoms with Gasteiger partial charge in [-0.2, -0.15) is 18.4 Å². The van der Waals surface area contributed by atoms with Crippen LogP contribution in [0.4, 0.5) is 18.9 Å². The molecule has 0 aliphatic rings. The lowest BCUT2D eigenvalue weighted by atomic mass is 10.1. The maximum absolute atomic E-state index is 12.4. The van der Waals surface area contributed by atoms with Crippen molar-refractivity contribution < 1.29 is 18.0 Å². The summed E-state index contributed by atoms with van der Waals surface area (Å²) in [6.45, 7) is 0. The first-order valence-electron chi connectivity index (χ1n) is 5.89. The average Bonchev–Trinajstić information content (AvgIpc) is 2.46. The smallest absolute Gasteiger partial charge is 0.322 e. The molecule has 0 spiro atoms. The van der Waals surface area contributed by atoms with Crippen LogP contribution in [0.25, 0.3) is 0 Å². The molecule has 0 saturated heterocycles. The monoisotopic (exact) mass is 290 g/mol. The molecular formula is C15H9F3N2O. The first-order chi connectivity index (χ1) is 9.90. The molecule has 2 aromatic carbocycles. The van der Waals surface area contributed by atoms with Gasteiger partial charge in [0.25, 0.3) is 5.91 Å². The zero-order valence-electron chi connectivity index (χ0n) is 10.6. The van der Waals surface area contributed by atoms with Crippen LogP contribution >= 0.6 is 0 Å². The number of rotatable bonds is 2. The average molecular weight is 290 g/mol. The van der Waals surface area contributed by atoms with E-state index in [0.717, 1.165) is 24.3 Å². The standard InChI is InChI=1S/C15H9F3N2O/c16-15(17,18)12-6-4-11(5-7-12)14(21)20-13-3-1-2-10(8-13)9-19/h1-8H,(H,20,21). The molecule has 1 N–H and O–H groups in total. The van der Waals surface area contributed by atoms with Gasteiger partial charge in [0.05, 0.1) is 17.2 Å². The second-order valence-electron chi connectivity index (χ2n) is 4.22. The van der Waals surface area contributed by atoms with Gasteiger partial charge in [0.2, 0.25) is 0 Å². The van der Waals surface area contributed by atoms with Gasteiger partial charge in [-0.25, -0.2) is 0 Å².